The van der Waals surface area contributed by atoms with Gasteiger partial charge in [0.15, 0.2) is 0 Å². The van der Waals surface area contributed by atoms with Gasteiger partial charge in [-0.1, -0.05) is 0 Å². The van der Waals surface area contributed by atoms with Crippen molar-refractivity contribution in [1.29, 1.82) is 0 Å². The third-order valence-electron chi connectivity index (χ3n) is 1.50. The van der Waals surface area contributed by atoms with Crippen LogP contribution in [0.25, 0.3) is 0 Å². The van der Waals surface area contributed by atoms with E-state index >= 15 is 0 Å². The number of benzene rings is 1. The largest absolute Gasteiger partial charge is 1.00 e. The van der Waals surface area contributed by atoms with Crippen molar-refractivity contribution < 1.29 is 24.6 Å². The fourth-order valence-corrected chi connectivity index (χ4v) is 0.865. The minimum Gasteiger partial charge on any atom is -0.507 e. The van der Waals surface area contributed by atoms with Gasteiger partial charge in [-0.2, -0.15) is 13.2 Å². The molecule has 0 amide bonds. The molecule has 1 aromatic carbocycles. The molecule has 0 aliphatic heterocycles. The van der Waals surface area contributed by atoms with Gasteiger partial charge in [0.05, 0.1) is 4.92 Å². The van der Waals surface area contributed by atoms with Crippen LogP contribution in [0.1, 0.15) is 6.99 Å². The second-order valence-electron chi connectivity index (χ2n) is 2.46. The van der Waals surface area contributed by atoms with E-state index in [2.05, 4.69) is 0 Å². The average molecular weight is 208 g/mol. The minimum absolute atomic E-state index is 0. The second kappa shape index (κ2) is 3.17. The highest BCUT2D eigenvalue weighted by molar-refractivity contribution is 5.44. The van der Waals surface area contributed by atoms with Crippen molar-refractivity contribution in [1.82, 2.24) is 0 Å². The first-order valence-corrected chi connectivity index (χ1v) is 3.37. The Labute approximate surface area is 77.2 Å². The zero-order valence-corrected chi connectivity index (χ0v) is 6.58. The number of hydrogen-bond acceptors (Lipinski definition) is 3. The molecule has 0 radical (unpaired) electrons. The summed E-state index contributed by atoms with van der Waals surface area (Å²) in [5, 5.41) is 19.0. The Bertz CT molecular complexity index is 380. The maximum absolute atomic E-state index is 12.1. The first kappa shape index (κ1) is 10.3. The molecule has 0 saturated carbocycles. The molecular weight excluding hydrogens is 203 g/mol. The van der Waals surface area contributed by atoms with Gasteiger partial charge in [0.25, 0.3) is 5.69 Å². The van der Waals surface area contributed by atoms with Gasteiger partial charge in [-0.3, -0.25) is 10.1 Å². The van der Waals surface area contributed by atoms with Crippen LogP contribution in [-0.4, -0.2) is 10.0 Å². The predicted molar refractivity (Wildman–Crippen MR) is 40.9 cm³/mol. The summed E-state index contributed by atoms with van der Waals surface area (Å²) in [5.74, 6) is -1.02. The molecule has 4 nitrogen and oxygen atoms in total. The summed E-state index contributed by atoms with van der Waals surface area (Å²) in [6.07, 6.45) is -4.80. The van der Waals surface area contributed by atoms with Gasteiger partial charge in [0.2, 0.25) is 0 Å². The molecule has 0 aromatic heterocycles. The average Bonchev–Trinajstić information content (AvgIpc) is 2.02. The smallest absolute Gasteiger partial charge is 0.507 e. The monoisotopic (exact) mass is 208 g/mol. The van der Waals surface area contributed by atoms with Crippen LogP contribution in [0, 0.1) is 10.1 Å². The number of hydrogen-bond donors (Lipinski definition) is 1. The fourth-order valence-electron chi connectivity index (χ4n) is 0.865. The number of non-ortho nitro benzene ring substituents is 1. The van der Waals surface area contributed by atoms with Crippen molar-refractivity contribution in [2.45, 2.75) is 6.18 Å². The molecule has 14 heavy (non-hydrogen) atoms. The third-order valence-corrected chi connectivity index (χ3v) is 1.50. The Morgan fingerprint density at radius 1 is 1.43 bits per heavy atom. The molecule has 0 aliphatic carbocycles. The van der Waals surface area contributed by atoms with Crippen molar-refractivity contribution in [3.8, 4) is 5.75 Å². The van der Waals surface area contributed by atoms with Gasteiger partial charge in [-0.05, 0) is 6.07 Å². The van der Waals surface area contributed by atoms with Crippen LogP contribution >= 0.6 is 0 Å². The van der Waals surface area contributed by atoms with Gasteiger partial charge in [-0.15, -0.1) is 0 Å². The summed E-state index contributed by atoms with van der Waals surface area (Å²) < 4.78 is 36.3. The number of phenolic OH excluding ortho intramolecular Hbond substituents is 1. The minimum atomic E-state index is -4.80. The van der Waals surface area contributed by atoms with Crippen LogP contribution in [0.15, 0.2) is 18.2 Å². The van der Waals surface area contributed by atoms with Gasteiger partial charge in [0, 0.05) is 12.1 Å². The van der Waals surface area contributed by atoms with E-state index in [1.54, 1.807) is 0 Å². The molecule has 0 unspecified atom stereocenters. The number of aromatic hydroxyl groups is 1. The van der Waals surface area contributed by atoms with Crippen LogP contribution in [-0.2, 0) is 6.18 Å². The zero-order chi connectivity index (χ0) is 10.9. The highest BCUT2D eigenvalue weighted by Gasteiger charge is 2.35. The van der Waals surface area contributed by atoms with E-state index in [4.69, 9.17) is 5.11 Å². The highest BCUT2D eigenvalue weighted by atomic mass is 19.4. The van der Waals surface area contributed by atoms with Gasteiger partial charge in [-0.25, -0.2) is 0 Å². The third kappa shape index (κ3) is 1.93. The number of nitro benzene ring substituents is 1. The van der Waals surface area contributed by atoms with E-state index in [9.17, 15) is 23.3 Å². The lowest BCUT2D eigenvalue weighted by atomic mass is 10.2. The zero-order valence-electron chi connectivity index (χ0n) is 7.58. The van der Waals surface area contributed by atoms with E-state index in [-0.39, 0.29) is 7.49 Å². The number of rotatable bonds is 1. The summed E-state index contributed by atoms with van der Waals surface area (Å²) in [6.45, 7) is 0. The predicted octanol–water partition coefficient (Wildman–Crippen LogP) is 2.43. The number of halogens is 3. The van der Waals surface area contributed by atoms with Crippen molar-refractivity contribution in [2.24, 2.45) is 0 Å². The molecule has 0 saturated heterocycles. The van der Waals surface area contributed by atoms with Crippen LogP contribution in [0.3, 0.4) is 0 Å². The first-order valence-electron chi connectivity index (χ1n) is 3.37. The normalized spacial score (nSPS) is 11.4. The Kier molecular flexibility index (Phi) is 2.33. The Hall–Kier alpha value is -1.79. The Balaban J connectivity index is 0.00000196. The first-order chi connectivity index (χ1) is 6.32. The quantitative estimate of drug-likeness (QED) is 0.569. The topological polar surface area (TPSA) is 63.4 Å². The summed E-state index contributed by atoms with van der Waals surface area (Å²) in [6, 6.07) is 1.72. The summed E-state index contributed by atoms with van der Waals surface area (Å²) in [4.78, 5) is 9.18. The van der Waals surface area contributed by atoms with Crippen molar-refractivity contribution in [2.75, 3.05) is 0 Å². The molecule has 0 heterocycles. The van der Waals surface area contributed by atoms with Crippen molar-refractivity contribution in [3.63, 3.8) is 0 Å². The van der Waals surface area contributed by atoms with E-state index in [0.29, 0.717) is 6.07 Å². The van der Waals surface area contributed by atoms with E-state index in [1.807, 2.05) is 0 Å². The number of alkyl halides is 3. The molecule has 7 heteroatoms. The number of nitro groups is 1. The molecule has 0 spiro atoms. The molecule has 0 fully saturated rings. The SMILES string of the molecule is O=[N+]([O-])c1ccc(O)c(C(F)(F)F)c1.[H+]. The summed E-state index contributed by atoms with van der Waals surface area (Å²) in [5.41, 5.74) is -2.12. The van der Waals surface area contributed by atoms with Gasteiger partial charge < -0.3 is 5.11 Å². The Morgan fingerprint density at radius 2 is 2.00 bits per heavy atom. The molecule has 1 aromatic rings. The van der Waals surface area contributed by atoms with Crippen LogP contribution in [0.2, 0.25) is 0 Å². The lowest BCUT2D eigenvalue weighted by molar-refractivity contribution is -0.385. The van der Waals surface area contributed by atoms with Gasteiger partial charge in [0.1, 0.15) is 11.3 Å². The number of nitrogens with zero attached hydrogens (tertiary/aromatic N) is 1. The maximum atomic E-state index is 12.1. The maximum Gasteiger partial charge on any atom is 1.00 e. The fraction of sp³-hybridized carbons (Fsp3) is 0.143. The molecular formula is C7H5F3NO3+. The van der Waals surface area contributed by atoms with Crippen LogP contribution < -0.4 is 0 Å². The highest BCUT2D eigenvalue weighted by Crippen LogP contribution is 2.37. The summed E-state index contributed by atoms with van der Waals surface area (Å²) in [7, 11) is 0. The molecule has 1 N–H and O–H groups in total. The molecule has 1 rings (SSSR count). The lowest BCUT2D eigenvalue weighted by Gasteiger charge is -2.07. The second-order valence-corrected chi connectivity index (χ2v) is 2.46. The Morgan fingerprint density at radius 3 is 2.43 bits per heavy atom. The molecule has 0 aliphatic rings. The molecule has 0 bridgehead atoms. The van der Waals surface area contributed by atoms with Crippen LogP contribution in [0.4, 0.5) is 18.9 Å². The molecule has 0 atom stereocenters. The standard InChI is InChI=1S/C7H4F3NO3/c8-7(9,10)5-3-4(11(13)14)1-2-6(5)12/h1-3,12H/p+1. The lowest BCUT2D eigenvalue weighted by Crippen LogP contribution is -2.05. The van der Waals surface area contributed by atoms with E-state index < -0.39 is 28.1 Å². The number of phenols is 1. The van der Waals surface area contributed by atoms with Crippen molar-refractivity contribution >= 4 is 5.69 Å². The van der Waals surface area contributed by atoms with Crippen LogP contribution in [0.5, 0.6) is 5.75 Å². The van der Waals surface area contributed by atoms with Gasteiger partial charge >= 0.3 is 7.60 Å². The van der Waals surface area contributed by atoms with Crippen molar-refractivity contribution in [3.05, 3.63) is 33.9 Å². The van der Waals surface area contributed by atoms with E-state index in [1.165, 1.54) is 0 Å². The molecule has 76 valence electrons. The summed E-state index contributed by atoms with van der Waals surface area (Å²) >= 11 is 0. The van der Waals surface area contributed by atoms with E-state index in [0.717, 1.165) is 6.07 Å².